The molecule has 0 bridgehead atoms. The van der Waals surface area contributed by atoms with E-state index in [1.807, 2.05) is 0 Å². The number of rotatable bonds is 10. The van der Waals surface area contributed by atoms with E-state index >= 15 is 0 Å². The van der Waals surface area contributed by atoms with Gasteiger partial charge in [0.05, 0.1) is 17.8 Å². The van der Waals surface area contributed by atoms with Crippen molar-refractivity contribution < 1.29 is 36.3 Å². The first-order valence-electron chi connectivity index (χ1n) is 13.2. The smallest absolute Gasteiger partial charge is 0.349 e. The molecular formula is C30H25ClF5N5O3. The predicted molar refractivity (Wildman–Crippen MR) is 151 cm³/mol. The average molecular weight is 634 g/mol. The van der Waals surface area contributed by atoms with Crippen LogP contribution in [0, 0.1) is 11.6 Å². The second-order valence-corrected chi connectivity index (χ2v) is 10.3. The van der Waals surface area contributed by atoms with Crippen molar-refractivity contribution in [1.82, 2.24) is 19.9 Å². The van der Waals surface area contributed by atoms with Gasteiger partial charge in [0.25, 0.3) is 11.8 Å². The number of nitrogens with one attached hydrogen (secondary N) is 2. The lowest BCUT2D eigenvalue weighted by atomic mass is 9.96. The van der Waals surface area contributed by atoms with Crippen molar-refractivity contribution >= 4 is 35.0 Å². The molecule has 0 radical (unpaired) electrons. The Hall–Kier alpha value is -4.65. The number of anilines is 1. The first kappa shape index (κ1) is 32.3. The predicted octanol–water partition coefficient (Wildman–Crippen LogP) is 6.19. The lowest BCUT2D eigenvalue weighted by Crippen LogP contribution is -2.30. The number of alkyl halides is 3. The number of Topliss-reactive ketones (excluding diaryl/α,β-unsaturated/α-hetero) is 1. The fraction of sp³-hybridized carbons (Fsp3) is 0.233. The third-order valence-electron chi connectivity index (χ3n) is 6.54. The second-order valence-electron chi connectivity index (χ2n) is 9.85. The average Bonchev–Trinajstić information content (AvgIpc) is 3.30. The fourth-order valence-corrected chi connectivity index (χ4v) is 4.82. The van der Waals surface area contributed by atoms with Crippen molar-refractivity contribution in [3.05, 3.63) is 111 Å². The highest BCUT2D eigenvalue weighted by atomic mass is 35.5. The van der Waals surface area contributed by atoms with Gasteiger partial charge in [-0.25, -0.2) is 13.8 Å². The molecule has 44 heavy (non-hydrogen) atoms. The van der Waals surface area contributed by atoms with Crippen LogP contribution in [-0.2, 0) is 23.9 Å². The van der Waals surface area contributed by atoms with Crippen LogP contribution in [0.4, 0.5) is 27.8 Å². The van der Waals surface area contributed by atoms with Gasteiger partial charge in [-0.3, -0.25) is 19.4 Å². The van der Waals surface area contributed by atoms with E-state index in [0.29, 0.717) is 24.2 Å². The number of carbonyl (C=O) groups excluding carboxylic acids is 3. The zero-order valence-corrected chi connectivity index (χ0v) is 24.1. The van der Waals surface area contributed by atoms with Gasteiger partial charge in [-0.05, 0) is 61.0 Å². The van der Waals surface area contributed by atoms with Crippen LogP contribution in [-0.4, -0.2) is 38.7 Å². The minimum atomic E-state index is -4.94. The van der Waals surface area contributed by atoms with Crippen LogP contribution >= 0.6 is 11.6 Å². The SMILES string of the molecule is CC(=O)Cn1c(C(=O)NCCc2ccccn2)nc(NC(=O)c2cc(F)cc(C(F)(F)F)c2)c1[C@@H](C)c1cc(F)ccc1Cl. The zero-order valence-electron chi connectivity index (χ0n) is 23.3. The number of hydrogen-bond donors (Lipinski definition) is 2. The van der Waals surface area contributed by atoms with Crippen molar-refractivity contribution in [3.8, 4) is 0 Å². The molecule has 0 unspecified atom stereocenters. The summed E-state index contributed by atoms with van der Waals surface area (Å²) in [7, 11) is 0. The van der Waals surface area contributed by atoms with Gasteiger partial charge in [0, 0.05) is 41.4 Å². The van der Waals surface area contributed by atoms with Crippen LogP contribution in [0.3, 0.4) is 0 Å². The van der Waals surface area contributed by atoms with Crippen molar-refractivity contribution in [2.45, 2.75) is 38.9 Å². The van der Waals surface area contributed by atoms with E-state index in [-0.39, 0.29) is 40.5 Å². The molecule has 0 saturated heterocycles. The quantitative estimate of drug-likeness (QED) is 0.203. The second kappa shape index (κ2) is 13.3. The van der Waals surface area contributed by atoms with Crippen molar-refractivity contribution in [2.24, 2.45) is 0 Å². The Kier molecular flexibility index (Phi) is 9.78. The number of halogens is 6. The molecule has 1 atom stereocenters. The Labute approximate surface area is 253 Å². The van der Waals surface area contributed by atoms with Gasteiger partial charge in [-0.1, -0.05) is 24.6 Å². The number of amides is 2. The van der Waals surface area contributed by atoms with Gasteiger partial charge in [0.1, 0.15) is 17.4 Å². The molecule has 2 aromatic carbocycles. The van der Waals surface area contributed by atoms with E-state index in [4.69, 9.17) is 11.6 Å². The monoisotopic (exact) mass is 633 g/mol. The molecular weight excluding hydrogens is 609 g/mol. The maximum absolute atomic E-state index is 14.2. The maximum atomic E-state index is 14.2. The third kappa shape index (κ3) is 7.64. The Bertz CT molecular complexity index is 1710. The highest BCUT2D eigenvalue weighted by molar-refractivity contribution is 6.31. The number of ketones is 1. The number of nitrogens with zero attached hydrogens (tertiary/aromatic N) is 3. The summed E-state index contributed by atoms with van der Waals surface area (Å²) in [6.45, 7) is 2.51. The minimum Gasteiger partial charge on any atom is -0.349 e. The molecule has 0 spiro atoms. The largest absolute Gasteiger partial charge is 0.416 e. The highest BCUT2D eigenvalue weighted by Crippen LogP contribution is 2.36. The first-order chi connectivity index (χ1) is 20.7. The van der Waals surface area contributed by atoms with Gasteiger partial charge in [-0.15, -0.1) is 0 Å². The minimum absolute atomic E-state index is 0.0309. The molecule has 8 nitrogen and oxygen atoms in total. The Morgan fingerprint density at radius 1 is 1.00 bits per heavy atom. The van der Waals surface area contributed by atoms with Crippen molar-refractivity contribution in [1.29, 1.82) is 0 Å². The zero-order chi connectivity index (χ0) is 32.2. The molecule has 2 amide bonds. The Morgan fingerprint density at radius 2 is 1.75 bits per heavy atom. The molecule has 0 aliphatic heterocycles. The lowest BCUT2D eigenvalue weighted by molar-refractivity contribution is -0.137. The summed E-state index contributed by atoms with van der Waals surface area (Å²) >= 11 is 6.34. The van der Waals surface area contributed by atoms with E-state index in [1.54, 1.807) is 31.3 Å². The van der Waals surface area contributed by atoms with Gasteiger partial charge < -0.3 is 15.2 Å². The van der Waals surface area contributed by atoms with Crippen molar-refractivity contribution in [2.75, 3.05) is 11.9 Å². The van der Waals surface area contributed by atoms with E-state index in [0.717, 1.165) is 12.1 Å². The molecule has 2 aromatic heterocycles. The molecule has 4 aromatic rings. The summed E-state index contributed by atoms with van der Waals surface area (Å²) in [5, 5.41) is 5.13. The van der Waals surface area contributed by atoms with Crippen LogP contribution < -0.4 is 10.6 Å². The molecule has 0 aliphatic rings. The number of hydrogen-bond acceptors (Lipinski definition) is 5. The number of pyridine rings is 1. The molecule has 0 fully saturated rings. The standard InChI is InChI=1S/C30H25ClF5N5O3/c1-16(42)15-41-25(17(2)23-14-20(32)6-7-24(23)31)26(39-27(41)29(44)38-10-8-22-5-3-4-9-37-22)40-28(43)18-11-19(30(34,35)36)13-21(33)12-18/h3-7,9,11-14,17H,8,10,15H2,1-2H3,(H,38,44)(H,40,43)/t17-/m0/s1. The maximum Gasteiger partial charge on any atom is 0.416 e. The number of aromatic nitrogens is 3. The molecule has 230 valence electrons. The van der Waals surface area contributed by atoms with Gasteiger partial charge in [0.2, 0.25) is 5.82 Å². The van der Waals surface area contributed by atoms with E-state index < -0.39 is 59.0 Å². The summed E-state index contributed by atoms with van der Waals surface area (Å²) in [5.74, 6) is -5.84. The fourth-order valence-electron chi connectivity index (χ4n) is 4.54. The van der Waals surface area contributed by atoms with Crippen LogP contribution in [0.25, 0.3) is 0 Å². The van der Waals surface area contributed by atoms with E-state index in [1.165, 1.54) is 17.6 Å². The third-order valence-corrected chi connectivity index (χ3v) is 6.88. The Balaban J connectivity index is 1.79. The molecule has 14 heteroatoms. The number of imidazole rings is 1. The molecule has 4 rings (SSSR count). The van der Waals surface area contributed by atoms with Gasteiger partial charge >= 0.3 is 6.18 Å². The highest BCUT2D eigenvalue weighted by Gasteiger charge is 2.33. The molecule has 0 aliphatic carbocycles. The summed E-state index contributed by atoms with van der Waals surface area (Å²) < 4.78 is 69.5. The van der Waals surface area contributed by atoms with Gasteiger partial charge in [0.15, 0.2) is 5.82 Å². The molecule has 2 N–H and O–H groups in total. The van der Waals surface area contributed by atoms with Crippen molar-refractivity contribution in [3.63, 3.8) is 0 Å². The van der Waals surface area contributed by atoms with Crippen LogP contribution in [0.2, 0.25) is 5.02 Å². The molecule has 2 heterocycles. The number of benzene rings is 2. The number of carbonyl (C=O) groups is 3. The summed E-state index contributed by atoms with van der Waals surface area (Å²) in [6, 6.07) is 10.1. The van der Waals surface area contributed by atoms with E-state index in [2.05, 4.69) is 20.6 Å². The van der Waals surface area contributed by atoms with Gasteiger partial charge in [-0.2, -0.15) is 13.2 Å². The Morgan fingerprint density at radius 3 is 2.41 bits per heavy atom. The van der Waals surface area contributed by atoms with E-state index in [9.17, 15) is 36.3 Å². The van der Waals surface area contributed by atoms with Crippen LogP contribution in [0.15, 0.2) is 60.8 Å². The lowest BCUT2D eigenvalue weighted by Gasteiger charge is -2.19. The summed E-state index contributed by atoms with van der Waals surface area (Å²) in [5.41, 5.74) is -1.14. The first-order valence-corrected chi connectivity index (χ1v) is 13.5. The summed E-state index contributed by atoms with van der Waals surface area (Å²) in [6.07, 6.45) is -2.99. The van der Waals surface area contributed by atoms with Crippen LogP contribution in [0.1, 0.15) is 63.3 Å². The van der Waals surface area contributed by atoms with Crippen LogP contribution in [0.5, 0.6) is 0 Å². The normalized spacial score (nSPS) is 12.1. The topological polar surface area (TPSA) is 106 Å². The molecule has 0 saturated carbocycles. The summed E-state index contributed by atoms with van der Waals surface area (Å²) in [4.78, 5) is 47.3.